The van der Waals surface area contributed by atoms with Crippen LogP contribution >= 0.6 is 0 Å². The Balaban J connectivity index is 0.735. The van der Waals surface area contributed by atoms with E-state index in [1.54, 1.807) is 0 Å². The van der Waals surface area contributed by atoms with Gasteiger partial charge in [0.1, 0.15) is 24.4 Å². The van der Waals surface area contributed by atoms with Gasteiger partial charge in [0, 0.05) is 29.2 Å². The summed E-state index contributed by atoms with van der Waals surface area (Å²) in [5, 5.41) is 21.6. The Morgan fingerprint density at radius 2 is 1.73 bits per heavy atom. The molecule has 3 heterocycles. The topological polar surface area (TPSA) is 144 Å². The Kier molecular flexibility index (Phi) is 9.55. The first kappa shape index (κ1) is 41.6. The Labute approximate surface area is 366 Å². The third-order valence-electron chi connectivity index (χ3n) is 19.5. The standard InChI is InChI=1S/C52H68O10/c1-27(2)50-25-39(50)45-52(62-45)49(6)21-19-34-35(26-58-46(34)57)38(49)24-42-51(52,61-42)47(50)60-44(56)18-17-43(55)59-33-22-32(29(4)41(54)23-33)13-10-30-8-7-20-48(5)36(14-15-37(30)48)28(3)9-16-40(53)31-11-12-31/h9-10,13,16,27-28,31,33,36-42,45,47,53-54H,4,7-8,11-12,14-15,17-26H2,1-3,5-6H3/b16-9+,30-10+,32-13-/t28-,33+,36?,37?,38-,39-,40?,41-,42-,45-,47+,48+,49-,50+,51+,52+/m0/s1. The van der Waals surface area contributed by atoms with Crippen molar-refractivity contribution in [1.29, 1.82) is 0 Å². The van der Waals surface area contributed by atoms with E-state index in [0.717, 1.165) is 68.1 Å². The van der Waals surface area contributed by atoms with Crippen molar-refractivity contribution in [3.8, 4) is 0 Å². The molecule has 8 aliphatic carbocycles. The Morgan fingerprint density at radius 1 is 0.952 bits per heavy atom. The Morgan fingerprint density at radius 3 is 2.48 bits per heavy atom. The second kappa shape index (κ2) is 14.2. The molecular formula is C52H68O10. The molecule has 2 spiro atoms. The molecule has 9 fully saturated rings. The predicted molar refractivity (Wildman–Crippen MR) is 229 cm³/mol. The van der Waals surface area contributed by atoms with Crippen molar-refractivity contribution in [2.75, 3.05) is 6.61 Å². The average molecular weight is 853 g/mol. The van der Waals surface area contributed by atoms with Crippen LogP contribution in [0, 0.1) is 57.7 Å². The number of carbonyl (C=O) groups excluding carboxylic acids is 3. The van der Waals surface area contributed by atoms with Crippen molar-refractivity contribution in [2.24, 2.45) is 57.7 Å². The number of ether oxygens (including phenoxy) is 5. The molecule has 3 aliphatic heterocycles. The van der Waals surface area contributed by atoms with Gasteiger partial charge in [-0.25, -0.2) is 4.79 Å². The molecular weight excluding hydrogens is 785 g/mol. The molecule has 0 bridgehead atoms. The normalized spacial score (nSPS) is 48.0. The number of cyclic esters (lactones) is 1. The molecule has 16 atom stereocenters. The summed E-state index contributed by atoms with van der Waals surface area (Å²) in [6.07, 6.45) is 18.2. The van der Waals surface area contributed by atoms with E-state index in [-0.39, 0.29) is 77.5 Å². The fraction of sp³-hybridized carbons (Fsp3) is 0.750. The molecule has 0 radical (unpaired) electrons. The molecule has 0 aromatic heterocycles. The summed E-state index contributed by atoms with van der Waals surface area (Å²) in [4.78, 5) is 39.9. The highest BCUT2D eigenvalue weighted by Crippen LogP contribution is 2.87. The molecule has 11 rings (SSSR count). The van der Waals surface area contributed by atoms with Crippen molar-refractivity contribution < 1.29 is 48.3 Å². The van der Waals surface area contributed by atoms with Crippen molar-refractivity contribution in [3.05, 3.63) is 58.7 Å². The lowest BCUT2D eigenvalue weighted by molar-refractivity contribution is -0.174. The summed E-state index contributed by atoms with van der Waals surface area (Å²) in [5.74, 6) is 1.48. The average Bonchev–Trinajstić information content (AvgIpc) is 4.08. The number of allylic oxidation sites excluding steroid dienone is 4. The van der Waals surface area contributed by atoms with Gasteiger partial charge in [0.25, 0.3) is 0 Å². The van der Waals surface area contributed by atoms with Crippen LogP contribution < -0.4 is 0 Å². The van der Waals surface area contributed by atoms with Crippen LogP contribution in [-0.4, -0.2) is 82.6 Å². The number of carbonyl (C=O) groups is 3. The molecule has 3 unspecified atom stereocenters. The lowest BCUT2D eigenvalue weighted by Crippen LogP contribution is -2.67. The zero-order valence-corrected chi connectivity index (χ0v) is 37.5. The van der Waals surface area contributed by atoms with Gasteiger partial charge in [-0.3, -0.25) is 9.59 Å². The van der Waals surface area contributed by atoms with Crippen LogP contribution in [-0.2, 0) is 38.1 Å². The number of epoxide rings is 2. The molecule has 10 nitrogen and oxygen atoms in total. The quantitative estimate of drug-likeness (QED) is 0.0910. The maximum atomic E-state index is 13.9. The SMILES string of the molecule is C=C1/C(=C\C=C2/CCC[C@@]3(C)C2CCC3[C@@H](C)/C=C/C(O)C2CC2)C[C@@H](OC(=O)CCC(=O)O[C@@H]2[C@@]3(C(C)C)C[C@H]3[C@@H]3O[C@]34[C@]23O[C@H]3C[C@H]2C3=C(CC[C@@]24C)C(=O)OC3)C[C@@H]1O. The number of fused-ring (bicyclic) bond motifs is 5. The molecule has 0 aromatic carbocycles. The zero-order chi connectivity index (χ0) is 43.3. The third kappa shape index (κ3) is 5.82. The fourth-order valence-electron chi connectivity index (χ4n) is 15.9. The molecule has 62 heavy (non-hydrogen) atoms. The van der Waals surface area contributed by atoms with Gasteiger partial charge < -0.3 is 33.9 Å². The highest BCUT2D eigenvalue weighted by atomic mass is 16.7. The van der Waals surface area contributed by atoms with Crippen molar-refractivity contribution in [1.82, 2.24) is 0 Å². The van der Waals surface area contributed by atoms with Gasteiger partial charge >= 0.3 is 17.9 Å². The highest BCUT2D eigenvalue weighted by Gasteiger charge is 3.00. The Bertz CT molecular complexity index is 2090. The second-order valence-electron chi connectivity index (χ2n) is 22.6. The number of hydrogen-bond donors (Lipinski definition) is 2. The lowest BCUT2D eigenvalue weighted by atomic mass is 9.46. The summed E-state index contributed by atoms with van der Waals surface area (Å²) in [6, 6.07) is 0. The van der Waals surface area contributed by atoms with E-state index in [9.17, 15) is 24.6 Å². The lowest BCUT2D eigenvalue weighted by Gasteiger charge is -2.54. The Hall–Kier alpha value is -3.05. The van der Waals surface area contributed by atoms with E-state index in [0.29, 0.717) is 48.7 Å². The third-order valence-corrected chi connectivity index (χ3v) is 19.5. The van der Waals surface area contributed by atoms with Gasteiger partial charge in [-0.05, 0) is 134 Å². The first-order valence-corrected chi connectivity index (χ1v) is 24.4. The van der Waals surface area contributed by atoms with E-state index in [2.05, 4.69) is 65.5 Å². The molecule has 0 aromatic rings. The molecule has 10 heteroatoms. The van der Waals surface area contributed by atoms with E-state index >= 15 is 0 Å². The first-order chi connectivity index (χ1) is 29.6. The monoisotopic (exact) mass is 852 g/mol. The van der Waals surface area contributed by atoms with Crippen LogP contribution in [0.2, 0.25) is 0 Å². The van der Waals surface area contributed by atoms with Crippen LogP contribution in [0.25, 0.3) is 0 Å². The number of aliphatic hydroxyl groups excluding tert-OH is 2. The van der Waals surface area contributed by atoms with E-state index in [1.165, 1.54) is 18.4 Å². The van der Waals surface area contributed by atoms with Crippen molar-refractivity contribution in [3.63, 3.8) is 0 Å². The first-order valence-electron chi connectivity index (χ1n) is 24.4. The van der Waals surface area contributed by atoms with Crippen LogP contribution in [0.1, 0.15) is 131 Å². The predicted octanol–water partition coefficient (Wildman–Crippen LogP) is 7.96. The summed E-state index contributed by atoms with van der Waals surface area (Å²) in [7, 11) is 0. The number of aliphatic hydroxyl groups is 2. The van der Waals surface area contributed by atoms with Crippen molar-refractivity contribution in [2.45, 2.75) is 179 Å². The van der Waals surface area contributed by atoms with Gasteiger partial charge in [-0.15, -0.1) is 0 Å². The molecule has 11 aliphatic rings. The molecule has 0 amide bonds. The van der Waals surface area contributed by atoms with Gasteiger partial charge in [-0.1, -0.05) is 71.1 Å². The second-order valence-corrected chi connectivity index (χ2v) is 22.6. The molecule has 2 N–H and O–H groups in total. The minimum absolute atomic E-state index is 0.0388. The minimum atomic E-state index is -0.815. The van der Waals surface area contributed by atoms with Crippen LogP contribution in [0.4, 0.5) is 0 Å². The van der Waals surface area contributed by atoms with Gasteiger partial charge in [0.05, 0.1) is 37.3 Å². The van der Waals surface area contributed by atoms with Gasteiger partial charge in [-0.2, -0.15) is 0 Å². The smallest absolute Gasteiger partial charge is 0.334 e. The summed E-state index contributed by atoms with van der Waals surface area (Å²) in [6.45, 7) is 16.1. The van der Waals surface area contributed by atoms with Crippen molar-refractivity contribution >= 4 is 17.9 Å². The van der Waals surface area contributed by atoms with E-state index in [4.69, 9.17) is 23.7 Å². The number of esters is 3. The molecule has 7 saturated carbocycles. The fourth-order valence-corrected chi connectivity index (χ4v) is 15.9. The van der Waals surface area contributed by atoms with Crippen LogP contribution in [0.3, 0.4) is 0 Å². The minimum Gasteiger partial charge on any atom is -0.462 e. The molecule has 2 saturated heterocycles. The van der Waals surface area contributed by atoms with Gasteiger partial charge in [0.15, 0.2) is 5.60 Å². The molecule has 336 valence electrons. The zero-order valence-electron chi connectivity index (χ0n) is 37.5. The van der Waals surface area contributed by atoms with Crippen LogP contribution in [0.15, 0.2) is 58.7 Å². The summed E-state index contributed by atoms with van der Waals surface area (Å²) < 4.78 is 31.8. The highest BCUT2D eigenvalue weighted by molar-refractivity contribution is 5.92. The largest absolute Gasteiger partial charge is 0.462 e. The maximum absolute atomic E-state index is 13.9. The number of hydrogen-bond acceptors (Lipinski definition) is 10. The van der Waals surface area contributed by atoms with Crippen LogP contribution in [0.5, 0.6) is 0 Å². The van der Waals surface area contributed by atoms with E-state index < -0.39 is 41.5 Å². The van der Waals surface area contributed by atoms with Gasteiger partial charge in [0.2, 0.25) is 0 Å². The number of rotatable bonds is 11. The van der Waals surface area contributed by atoms with E-state index in [1.807, 2.05) is 0 Å². The maximum Gasteiger partial charge on any atom is 0.334 e. The summed E-state index contributed by atoms with van der Waals surface area (Å²) in [5.41, 5.74) is 3.37. The summed E-state index contributed by atoms with van der Waals surface area (Å²) >= 11 is 0.